The molecule has 2 aromatic carbocycles. The zero-order chi connectivity index (χ0) is 16.1. The number of benzene rings is 2. The minimum Gasteiger partial charge on any atom is -0.300 e. The third-order valence-electron chi connectivity index (χ3n) is 5.05. The van der Waals surface area contributed by atoms with E-state index in [4.69, 9.17) is 0 Å². The maximum atomic E-state index is 2.61. The first-order valence-electron chi connectivity index (χ1n) is 8.76. The minimum absolute atomic E-state index is 1.10. The van der Waals surface area contributed by atoms with Crippen LogP contribution in [0.5, 0.6) is 0 Å². The molecular formula is C21H28N2. The van der Waals surface area contributed by atoms with E-state index < -0.39 is 0 Å². The van der Waals surface area contributed by atoms with Gasteiger partial charge in [0.05, 0.1) is 0 Å². The Balaban J connectivity index is 1.47. The van der Waals surface area contributed by atoms with E-state index in [0.717, 1.165) is 13.0 Å². The maximum absolute atomic E-state index is 2.61. The highest BCUT2D eigenvalue weighted by atomic mass is 15.3. The zero-order valence-corrected chi connectivity index (χ0v) is 14.5. The molecule has 0 saturated carbocycles. The SMILES string of the molecule is Cc1cccc(C)c1CN1CCN(CCc2ccccc2)CC1. The van der Waals surface area contributed by atoms with Crippen molar-refractivity contribution in [2.75, 3.05) is 32.7 Å². The van der Waals surface area contributed by atoms with Gasteiger partial charge in [-0.25, -0.2) is 0 Å². The Hall–Kier alpha value is -1.64. The van der Waals surface area contributed by atoms with Crippen LogP contribution < -0.4 is 0 Å². The predicted molar refractivity (Wildman–Crippen MR) is 97.8 cm³/mol. The molecule has 2 nitrogen and oxygen atoms in total. The van der Waals surface area contributed by atoms with Gasteiger partial charge in [0.1, 0.15) is 0 Å². The summed E-state index contributed by atoms with van der Waals surface area (Å²) >= 11 is 0. The molecule has 1 heterocycles. The number of hydrogen-bond acceptors (Lipinski definition) is 2. The summed E-state index contributed by atoms with van der Waals surface area (Å²) in [7, 11) is 0. The van der Waals surface area contributed by atoms with Crippen molar-refractivity contribution in [3.8, 4) is 0 Å². The average Bonchev–Trinajstić information content (AvgIpc) is 2.58. The van der Waals surface area contributed by atoms with Gasteiger partial charge in [-0.05, 0) is 42.5 Å². The molecule has 3 rings (SSSR count). The molecule has 0 amide bonds. The van der Waals surface area contributed by atoms with Gasteiger partial charge in [0.25, 0.3) is 0 Å². The van der Waals surface area contributed by atoms with Crippen LogP contribution in [-0.2, 0) is 13.0 Å². The van der Waals surface area contributed by atoms with Crippen molar-refractivity contribution in [1.29, 1.82) is 0 Å². The third kappa shape index (κ3) is 4.43. The zero-order valence-electron chi connectivity index (χ0n) is 14.5. The quantitative estimate of drug-likeness (QED) is 0.831. The van der Waals surface area contributed by atoms with Crippen LogP contribution in [0.3, 0.4) is 0 Å². The first-order chi connectivity index (χ1) is 11.2. The van der Waals surface area contributed by atoms with Crippen molar-refractivity contribution in [3.63, 3.8) is 0 Å². The van der Waals surface area contributed by atoms with E-state index >= 15 is 0 Å². The summed E-state index contributed by atoms with van der Waals surface area (Å²) in [6.45, 7) is 11.5. The topological polar surface area (TPSA) is 6.48 Å². The van der Waals surface area contributed by atoms with Gasteiger partial charge in [-0.15, -0.1) is 0 Å². The molecule has 1 saturated heterocycles. The number of hydrogen-bond donors (Lipinski definition) is 0. The number of piperazine rings is 1. The molecule has 0 unspecified atom stereocenters. The van der Waals surface area contributed by atoms with E-state index in [1.165, 1.54) is 55.0 Å². The summed E-state index contributed by atoms with van der Waals surface area (Å²) in [5.41, 5.74) is 5.82. The van der Waals surface area contributed by atoms with Gasteiger partial charge < -0.3 is 4.90 Å². The normalized spacial score (nSPS) is 16.6. The largest absolute Gasteiger partial charge is 0.300 e. The van der Waals surface area contributed by atoms with E-state index in [0.29, 0.717) is 0 Å². The van der Waals surface area contributed by atoms with Crippen molar-refractivity contribution in [3.05, 3.63) is 70.8 Å². The summed E-state index contributed by atoms with van der Waals surface area (Å²) in [4.78, 5) is 5.21. The molecule has 0 atom stereocenters. The molecule has 1 aliphatic heterocycles. The number of nitrogens with zero attached hydrogens (tertiary/aromatic N) is 2. The molecule has 2 heteroatoms. The highest BCUT2D eigenvalue weighted by Crippen LogP contribution is 2.17. The molecule has 1 fully saturated rings. The molecule has 0 radical (unpaired) electrons. The second kappa shape index (κ2) is 7.76. The Kier molecular flexibility index (Phi) is 5.47. The molecule has 23 heavy (non-hydrogen) atoms. The van der Waals surface area contributed by atoms with E-state index in [1.807, 2.05) is 0 Å². The summed E-state index contributed by atoms with van der Waals surface area (Å²) in [5, 5.41) is 0. The van der Waals surface area contributed by atoms with E-state index in [-0.39, 0.29) is 0 Å². The smallest absolute Gasteiger partial charge is 0.0240 e. The van der Waals surface area contributed by atoms with Crippen LogP contribution in [0.15, 0.2) is 48.5 Å². The lowest BCUT2D eigenvalue weighted by atomic mass is 10.0. The van der Waals surface area contributed by atoms with Gasteiger partial charge >= 0.3 is 0 Å². The molecular weight excluding hydrogens is 280 g/mol. The summed E-state index contributed by atoms with van der Waals surface area (Å²) in [5.74, 6) is 0. The van der Waals surface area contributed by atoms with Crippen LogP contribution in [0.1, 0.15) is 22.3 Å². The van der Waals surface area contributed by atoms with Crippen molar-refractivity contribution < 1.29 is 0 Å². The Morgan fingerprint density at radius 2 is 1.35 bits per heavy atom. The van der Waals surface area contributed by atoms with Crippen molar-refractivity contribution >= 4 is 0 Å². The fourth-order valence-corrected chi connectivity index (χ4v) is 3.42. The summed E-state index contributed by atoms with van der Waals surface area (Å²) < 4.78 is 0. The molecule has 0 N–H and O–H groups in total. The Bertz CT molecular complexity index is 593. The van der Waals surface area contributed by atoms with E-state index in [1.54, 1.807) is 0 Å². The van der Waals surface area contributed by atoms with E-state index in [9.17, 15) is 0 Å². The van der Waals surface area contributed by atoms with Crippen LogP contribution >= 0.6 is 0 Å². The lowest BCUT2D eigenvalue weighted by molar-refractivity contribution is 0.128. The van der Waals surface area contributed by atoms with Crippen LogP contribution in [0.25, 0.3) is 0 Å². The lowest BCUT2D eigenvalue weighted by Gasteiger charge is -2.35. The Labute approximate surface area is 140 Å². The lowest BCUT2D eigenvalue weighted by Crippen LogP contribution is -2.46. The second-order valence-corrected chi connectivity index (χ2v) is 6.72. The minimum atomic E-state index is 1.10. The van der Waals surface area contributed by atoms with Crippen molar-refractivity contribution in [1.82, 2.24) is 9.80 Å². The van der Waals surface area contributed by atoms with Crippen molar-refractivity contribution in [2.24, 2.45) is 0 Å². The van der Waals surface area contributed by atoms with Crippen molar-refractivity contribution in [2.45, 2.75) is 26.8 Å². The molecule has 0 aliphatic carbocycles. The molecule has 0 bridgehead atoms. The maximum Gasteiger partial charge on any atom is 0.0240 e. The number of rotatable bonds is 5. The molecule has 0 aromatic heterocycles. The van der Waals surface area contributed by atoms with Gasteiger partial charge in [-0.3, -0.25) is 4.90 Å². The van der Waals surface area contributed by atoms with Gasteiger partial charge in [0, 0.05) is 39.3 Å². The summed E-state index contributed by atoms with van der Waals surface area (Å²) in [6.07, 6.45) is 1.16. The predicted octanol–water partition coefficient (Wildman–Crippen LogP) is 3.66. The Morgan fingerprint density at radius 1 is 0.739 bits per heavy atom. The molecule has 122 valence electrons. The van der Waals surface area contributed by atoms with Crippen LogP contribution in [0, 0.1) is 13.8 Å². The summed E-state index contributed by atoms with van der Waals surface area (Å²) in [6, 6.07) is 17.5. The van der Waals surface area contributed by atoms with Crippen LogP contribution in [0.4, 0.5) is 0 Å². The fraction of sp³-hybridized carbons (Fsp3) is 0.429. The molecule has 2 aromatic rings. The van der Waals surface area contributed by atoms with Gasteiger partial charge in [-0.1, -0.05) is 48.5 Å². The van der Waals surface area contributed by atoms with Gasteiger partial charge in [0.2, 0.25) is 0 Å². The molecule has 0 spiro atoms. The third-order valence-corrected chi connectivity index (χ3v) is 5.05. The van der Waals surface area contributed by atoms with Gasteiger partial charge in [-0.2, -0.15) is 0 Å². The second-order valence-electron chi connectivity index (χ2n) is 6.72. The highest BCUT2D eigenvalue weighted by Gasteiger charge is 2.17. The highest BCUT2D eigenvalue weighted by molar-refractivity contribution is 5.33. The number of aryl methyl sites for hydroxylation is 2. The van der Waals surface area contributed by atoms with E-state index in [2.05, 4.69) is 72.2 Å². The average molecular weight is 308 g/mol. The Morgan fingerprint density at radius 3 is 2.00 bits per heavy atom. The first-order valence-corrected chi connectivity index (χ1v) is 8.76. The fourth-order valence-electron chi connectivity index (χ4n) is 3.42. The monoisotopic (exact) mass is 308 g/mol. The van der Waals surface area contributed by atoms with Gasteiger partial charge in [0.15, 0.2) is 0 Å². The first kappa shape index (κ1) is 16.2. The van der Waals surface area contributed by atoms with Crippen LogP contribution in [0.2, 0.25) is 0 Å². The van der Waals surface area contributed by atoms with Crippen LogP contribution in [-0.4, -0.2) is 42.5 Å². The standard InChI is InChI=1S/C21H28N2/c1-18-7-6-8-19(2)21(18)17-23-15-13-22(14-16-23)12-11-20-9-4-3-5-10-20/h3-10H,11-17H2,1-2H3. The molecule has 1 aliphatic rings.